The minimum absolute atomic E-state index is 0.259. The third-order valence-corrected chi connectivity index (χ3v) is 3.83. The Balaban J connectivity index is 1.76. The minimum atomic E-state index is 0.259. The lowest BCUT2D eigenvalue weighted by molar-refractivity contribution is 0.458. The molecule has 0 saturated heterocycles. The van der Waals surface area contributed by atoms with Gasteiger partial charge in [0.25, 0.3) is 0 Å². The third kappa shape index (κ3) is 2.47. The monoisotopic (exact) mass is 253 g/mol. The maximum atomic E-state index is 5.84. The predicted molar refractivity (Wildman–Crippen MR) is 77.7 cm³/mol. The molecule has 1 aromatic carbocycles. The molecule has 1 aliphatic rings. The van der Waals surface area contributed by atoms with E-state index in [0.717, 1.165) is 24.2 Å². The number of nitrogens with two attached hydrogens (primary N) is 1. The first-order valence-electron chi connectivity index (χ1n) is 6.79. The highest BCUT2D eigenvalue weighted by molar-refractivity contribution is 5.47. The highest BCUT2D eigenvalue weighted by Crippen LogP contribution is 2.33. The molecular formula is C16H19N3. The largest absolute Gasteiger partial charge is 0.399 e. The summed E-state index contributed by atoms with van der Waals surface area (Å²) in [5.41, 5.74) is 10.6. The van der Waals surface area contributed by atoms with E-state index >= 15 is 0 Å². The van der Waals surface area contributed by atoms with E-state index in [2.05, 4.69) is 35.4 Å². The van der Waals surface area contributed by atoms with Crippen molar-refractivity contribution >= 4 is 5.69 Å². The van der Waals surface area contributed by atoms with Crippen LogP contribution >= 0.6 is 0 Å². The van der Waals surface area contributed by atoms with Crippen LogP contribution in [0.4, 0.5) is 5.69 Å². The van der Waals surface area contributed by atoms with E-state index in [1.54, 1.807) is 0 Å². The quantitative estimate of drug-likeness (QED) is 0.827. The summed E-state index contributed by atoms with van der Waals surface area (Å²) in [7, 11) is 0. The van der Waals surface area contributed by atoms with Crippen molar-refractivity contribution in [3.8, 4) is 0 Å². The van der Waals surface area contributed by atoms with Crippen LogP contribution in [0, 0.1) is 0 Å². The first kappa shape index (κ1) is 12.2. The molecule has 3 rings (SSSR count). The van der Waals surface area contributed by atoms with E-state index in [0.29, 0.717) is 6.04 Å². The van der Waals surface area contributed by atoms with Crippen LogP contribution < -0.4 is 11.1 Å². The second-order valence-corrected chi connectivity index (χ2v) is 5.19. The Hall–Kier alpha value is -1.87. The van der Waals surface area contributed by atoms with Crippen molar-refractivity contribution in [1.82, 2.24) is 10.3 Å². The van der Waals surface area contributed by atoms with Crippen LogP contribution in [0.3, 0.4) is 0 Å². The Bertz CT molecular complexity index is 565. The van der Waals surface area contributed by atoms with Gasteiger partial charge in [-0.25, -0.2) is 0 Å². The number of hydrogen-bond donors (Lipinski definition) is 2. The molecule has 2 aromatic rings. The molecule has 1 heterocycles. The molecule has 0 aliphatic heterocycles. The SMILES string of the molecule is C[C@@H](NC1CCc2cc(N)ccc21)c1ccccn1. The van der Waals surface area contributed by atoms with Crippen LogP contribution in [0.5, 0.6) is 0 Å². The molecule has 19 heavy (non-hydrogen) atoms. The van der Waals surface area contributed by atoms with E-state index in [-0.39, 0.29) is 6.04 Å². The van der Waals surface area contributed by atoms with Crippen LogP contribution in [-0.4, -0.2) is 4.98 Å². The Morgan fingerprint density at radius 3 is 3.00 bits per heavy atom. The second-order valence-electron chi connectivity index (χ2n) is 5.19. The van der Waals surface area contributed by atoms with Gasteiger partial charge in [-0.1, -0.05) is 12.1 Å². The normalized spacial score (nSPS) is 19.1. The number of aryl methyl sites for hydroxylation is 1. The standard InChI is InChI=1S/C16H19N3/c1-11(15-4-2-3-9-18-15)19-16-8-5-12-10-13(17)6-7-14(12)16/h2-4,6-7,9-11,16,19H,5,8,17H2,1H3/t11-,16?/m1/s1. The number of hydrogen-bond acceptors (Lipinski definition) is 3. The van der Waals surface area contributed by atoms with Crippen LogP contribution in [0.25, 0.3) is 0 Å². The van der Waals surface area contributed by atoms with Gasteiger partial charge in [0.15, 0.2) is 0 Å². The lowest BCUT2D eigenvalue weighted by atomic mass is 10.1. The summed E-state index contributed by atoms with van der Waals surface area (Å²) in [6, 6.07) is 13.0. The highest BCUT2D eigenvalue weighted by Gasteiger charge is 2.24. The Morgan fingerprint density at radius 2 is 2.21 bits per heavy atom. The molecule has 2 atom stereocenters. The number of benzene rings is 1. The van der Waals surface area contributed by atoms with Gasteiger partial charge in [-0.2, -0.15) is 0 Å². The molecule has 0 bridgehead atoms. The Kier molecular flexibility index (Phi) is 3.22. The van der Waals surface area contributed by atoms with Crippen LogP contribution in [0.1, 0.15) is 42.2 Å². The molecule has 1 unspecified atom stereocenters. The zero-order chi connectivity index (χ0) is 13.2. The number of nitrogens with one attached hydrogen (secondary N) is 1. The molecule has 3 heteroatoms. The first-order valence-corrected chi connectivity index (χ1v) is 6.79. The minimum Gasteiger partial charge on any atom is -0.399 e. The van der Waals surface area contributed by atoms with Gasteiger partial charge in [0, 0.05) is 24.0 Å². The fourth-order valence-corrected chi connectivity index (χ4v) is 2.83. The van der Waals surface area contributed by atoms with Crippen LogP contribution in [0.2, 0.25) is 0 Å². The summed E-state index contributed by atoms with van der Waals surface area (Å²) in [6.45, 7) is 2.16. The van der Waals surface area contributed by atoms with Crippen LogP contribution in [-0.2, 0) is 6.42 Å². The first-order chi connectivity index (χ1) is 9.24. The van der Waals surface area contributed by atoms with Gasteiger partial charge in [0.1, 0.15) is 0 Å². The van der Waals surface area contributed by atoms with Crippen molar-refractivity contribution in [2.75, 3.05) is 5.73 Å². The fraction of sp³-hybridized carbons (Fsp3) is 0.312. The number of anilines is 1. The van der Waals surface area contributed by atoms with Gasteiger partial charge in [-0.15, -0.1) is 0 Å². The maximum absolute atomic E-state index is 5.84. The number of fused-ring (bicyclic) bond motifs is 1. The second kappa shape index (κ2) is 5.02. The predicted octanol–water partition coefficient (Wildman–Crippen LogP) is 3.00. The molecule has 3 nitrogen and oxygen atoms in total. The zero-order valence-electron chi connectivity index (χ0n) is 11.1. The summed E-state index contributed by atoms with van der Waals surface area (Å²) < 4.78 is 0. The summed E-state index contributed by atoms with van der Waals surface area (Å²) in [5.74, 6) is 0. The van der Waals surface area contributed by atoms with Crippen molar-refractivity contribution in [2.24, 2.45) is 0 Å². The molecule has 1 aromatic heterocycles. The molecule has 98 valence electrons. The molecule has 1 aliphatic carbocycles. The Morgan fingerprint density at radius 1 is 1.32 bits per heavy atom. The van der Waals surface area contributed by atoms with E-state index in [1.807, 2.05) is 24.4 Å². The average Bonchev–Trinajstić information content (AvgIpc) is 2.82. The molecule has 0 saturated carbocycles. The molecule has 0 fully saturated rings. The topological polar surface area (TPSA) is 50.9 Å². The van der Waals surface area contributed by atoms with Crippen molar-refractivity contribution in [3.05, 3.63) is 59.4 Å². The summed E-state index contributed by atoms with van der Waals surface area (Å²) in [6.07, 6.45) is 4.08. The highest BCUT2D eigenvalue weighted by atomic mass is 15.0. The summed E-state index contributed by atoms with van der Waals surface area (Å²) >= 11 is 0. The van der Waals surface area contributed by atoms with Crippen molar-refractivity contribution < 1.29 is 0 Å². The Labute approximate surface area is 113 Å². The van der Waals surface area contributed by atoms with E-state index in [9.17, 15) is 0 Å². The van der Waals surface area contributed by atoms with Gasteiger partial charge in [-0.05, 0) is 55.2 Å². The van der Waals surface area contributed by atoms with Gasteiger partial charge in [-0.3, -0.25) is 4.98 Å². The van der Waals surface area contributed by atoms with Crippen molar-refractivity contribution in [1.29, 1.82) is 0 Å². The van der Waals surface area contributed by atoms with E-state index < -0.39 is 0 Å². The van der Waals surface area contributed by atoms with Crippen LogP contribution in [0.15, 0.2) is 42.6 Å². The number of aromatic nitrogens is 1. The lowest BCUT2D eigenvalue weighted by Crippen LogP contribution is -2.23. The number of nitrogens with zero attached hydrogens (tertiary/aromatic N) is 1. The summed E-state index contributed by atoms with van der Waals surface area (Å²) in [5, 5.41) is 3.67. The third-order valence-electron chi connectivity index (χ3n) is 3.83. The lowest BCUT2D eigenvalue weighted by Gasteiger charge is -2.20. The van der Waals surface area contributed by atoms with Gasteiger partial charge in [0.05, 0.1) is 5.69 Å². The number of pyridine rings is 1. The maximum Gasteiger partial charge on any atom is 0.0570 e. The van der Waals surface area contributed by atoms with Gasteiger partial charge >= 0.3 is 0 Å². The van der Waals surface area contributed by atoms with E-state index in [1.165, 1.54) is 11.1 Å². The number of nitrogen functional groups attached to an aromatic ring is 1. The van der Waals surface area contributed by atoms with E-state index in [4.69, 9.17) is 5.73 Å². The molecule has 0 radical (unpaired) electrons. The van der Waals surface area contributed by atoms with Crippen molar-refractivity contribution in [2.45, 2.75) is 31.8 Å². The molecule has 3 N–H and O–H groups in total. The zero-order valence-corrected chi connectivity index (χ0v) is 11.1. The van der Waals surface area contributed by atoms with Gasteiger partial charge in [0.2, 0.25) is 0 Å². The average molecular weight is 253 g/mol. The van der Waals surface area contributed by atoms with Crippen molar-refractivity contribution in [3.63, 3.8) is 0 Å². The smallest absolute Gasteiger partial charge is 0.0570 e. The number of rotatable bonds is 3. The summed E-state index contributed by atoms with van der Waals surface area (Å²) in [4.78, 5) is 4.41. The molecule has 0 amide bonds. The van der Waals surface area contributed by atoms with Gasteiger partial charge < -0.3 is 11.1 Å². The molecule has 0 spiro atoms. The fourth-order valence-electron chi connectivity index (χ4n) is 2.83. The molecular weight excluding hydrogens is 234 g/mol.